The maximum atomic E-state index is 13.6. The molecular weight excluding hydrogens is 596 g/mol. The number of aromatic hydroxyl groups is 4. The molecule has 17 nitrogen and oxygen atoms in total. The molecule has 0 bridgehead atoms. The minimum absolute atomic E-state index is 0.0504. The number of ether oxygens (including phenoxy) is 4. The monoisotopic (exact) mass is 626 g/mol. The minimum atomic E-state index is -2.00. The highest BCUT2D eigenvalue weighted by atomic mass is 16.7. The Kier molecular flexibility index (Phi) is 8.87. The van der Waals surface area contributed by atoms with Gasteiger partial charge in [0.05, 0.1) is 13.2 Å². The molecule has 11 N–H and O–H groups in total. The molecule has 44 heavy (non-hydrogen) atoms. The predicted molar refractivity (Wildman–Crippen MR) is 142 cm³/mol. The van der Waals surface area contributed by atoms with Gasteiger partial charge in [0, 0.05) is 17.7 Å². The molecule has 3 heterocycles. The molecule has 2 aliphatic heterocycles. The fraction of sp³-hybridized carbons (Fsp3) is 0.444. The normalized spacial score (nSPS) is 32.5. The summed E-state index contributed by atoms with van der Waals surface area (Å²) in [6, 6.07) is 5.17. The van der Waals surface area contributed by atoms with Crippen molar-refractivity contribution >= 4 is 11.0 Å². The molecule has 0 unspecified atom stereocenters. The molecule has 2 aromatic carbocycles. The number of hydrogen-bond donors (Lipinski definition) is 11. The molecule has 10 atom stereocenters. The third-order valence-electron chi connectivity index (χ3n) is 7.33. The van der Waals surface area contributed by atoms with Crippen molar-refractivity contribution < 1.29 is 79.5 Å². The van der Waals surface area contributed by atoms with Gasteiger partial charge in [-0.15, -0.1) is 0 Å². The molecule has 5 rings (SSSR count). The molecule has 0 amide bonds. The van der Waals surface area contributed by atoms with Crippen molar-refractivity contribution in [1.29, 1.82) is 0 Å². The summed E-state index contributed by atoms with van der Waals surface area (Å²) < 4.78 is 27.6. The highest BCUT2D eigenvalue weighted by Gasteiger charge is 2.48. The molecule has 2 fully saturated rings. The van der Waals surface area contributed by atoms with Gasteiger partial charge in [-0.3, -0.25) is 4.79 Å². The summed E-state index contributed by atoms with van der Waals surface area (Å²) in [5, 5.41) is 111. The number of rotatable bonds is 7. The number of phenols is 4. The van der Waals surface area contributed by atoms with Crippen LogP contribution < -0.4 is 10.2 Å². The second kappa shape index (κ2) is 12.3. The first-order chi connectivity index (χ1) is 20.8. The van der Waals surface area contributed by atoms with Crippen molar-refractivity contribution in [3.05, 3.63) is 40.6 Å². The standard InChI is InChI=1S/C27H30O17/c28-6-14-17(33)20(36)22(38)26(42-14)40-7-15-18(34)21(37)23(39)27(43-15)44-25-19(35)16-12(32)4-9(29)5-13(16)41-24(25)8-1-2-10(30)11(31)3-8/h1-5,14-15,17-18,20-23,26-34,36-39H,6-7H2/t14-,15-,17-,18+,20+,21+,22-,23-,26-,27+/m1/s1. The van der Waals surface area contributed by atoms with Gasteiger partial charge in [0.1, 0.15) is 71.3 Å². The van der Waals surface area contributed by atoms with Crippen LogP contribution in [-0.4, -0.2) is 131 Å². The minimum Gasteiger partial charge on any atom is -0.508 e. The highest BCUT2D eigenvalue weighted by molar-refractivity contribution is 5.88. The lowest BCUT2D eigenvalue weighted by atomic mass is 9.98. The molecule has 17 heteroatoms. The predicted octanol–water partition coefficient (Wildman–Crippen LogP) is -2.71. The fourth-order valence-corrected chi connectivity index (χ4v) is 4.89. The zero-order valence-corrected chi connectivity index (χ0v) is 22.4. The van der Waals surface area contributed by atoms with E-state index < -0.39 is 120 Å². The summed E-state index contributed by atoms with van der Waals surface area (Å²) in [6.45, 7) is -1.42. The number of phenolic OH excluding ortho intramolecular Hbond substituents is 4. The van der Waals surface area contributed by atoms with Gasteiger partial charge in [0.15, 0.2) is 23.5 Å². The van der Waals surface area contributed by atoms with Gasteiger partial charge in [0.2, 0.25) is 17.5 Å². The first-order valence-corrected chi connectivity index (χ1v) is 13.2. The molecule has 2 aliphatic rings. The summed E-state index contributed by atoms with van der Waals surface area (Å²) in [6.07, 6.45) is -17.4. The van der Waals surface area contributed by atoms with Crippen LogP contribution in [0.25, 0.3) is 22.3 Å². The van der Waals surface area contributed by atoms with Crippen molar-refractivity contribution in [3.8, 4) is 40.1 Å². The molecule has 0 aliphatic carbocycles. The summed E-state index contributed by atoms with van der Waals surface area (Å²) >= 11 is 0. The Bertz CT molecular complexity index is 1560. The van der Waals surface area contributed by atoms with Crippen LogP contribution in [0.5, 0.6) is 28.7 Å². The van der Waals surface area contributed by atoms with E-state index in [1.807, 2.05) is 0 Å². The largest absolute Gasteiger partial charge is 0.508 e. The summed E-state index contributed by atoms with van der Waals surface area (Å²) in [5.41, 5.74) is -1.41. The van der Waals surface area contributed by atoms with Gasteiger partial charge in [-0.1, -0.05) is 0 Å². The Balaban J connectivity index is 1.47. The van der Waals surface area contributed by atoms with Crippen molar-refractivity contribution in [3.63, 3.8) is 0 Å². The van der Waals surface area contributed by atoms with Crippen molar-refractivity contribution in [2.45, 2.75) is 61.4 Å². The van der Waals surface area contributed by atoms with Crippen LogP contribution in [0.2, 0.25) is 0 Å². The molecule has 0 spiro atoms. The van der Waals surface area contributed by atoms with E-state index in [9.17, 15) is 61.0 Å². The second-order valence-electron chi connectivity index (χ2n) is 10.3. The van der Waals surface area contributed by atoms with Crippen molar-refractivity contribution in [2.24, 2.45) is 0 Å². The Morgan fingerprint density at radius 3 is 2.00 bits per heavy atom. The Hall–Kier alpha value is -3.75. The van der Waals surface area contributed by atoms with Crippen LogP contribution >= 0.6 is 0 Å². The first-order valence-electron chi connectivity index (χ1n) is 13.2. The molecule has 0 saturated carbocycles. The van der Waals surface area contributed by atoms with Gasteiger partial charge in [-0.25, -0.2) is 0 Å². The number of fused-ring (bicyclic) bond motifs is 1. The lowest BCUT2D eigenvalue weighted by molar-refractivity contribution is -0.323. The van der Waals surface area contributed by atoms with Crippen LogP contribution in [0.4, 0.5) is 0 Å². The zero-order chi connectivity index (χ0) is 32.0. The molecule has 0 radical (unpaired) electrons. The van der Waals surface area contributed by atoms with E-state index in [0.29, 0.717) is 0 Å². The smallest absolute Gasteiger partial charge is 0.239 e. The van der Waals surface area contributed by atoms with Crippen LogP contribution in [0.1, 0.15) is 0 Å². The topological polar surface area (TPSA) is 290 Å². The van der Waals surface area contributed by atoms with E-state index in [4.69, 9.17) is 23.4 Å². The first kappa shape index (κ1) is 31.7. The van der Waals surface area contributed by atoms with E-state index in [0.717, 1.165) is 24.3 Å². The molecule has 240 valence electrons. The van der Waals surface area contributed by atoms with Crippen LogP contribution in [0.15, 0.2) is 39.5 Å². The summed E-state index contributed by atoms with van der Waals surface area (Å²) in [4.78, 5) is 13.6. The van der Waals surface area contributed by atoms with Crippen LogP contribution in [0, 0.1) is 0 Å². The van der Waals surface area contributed by atoms with Crippen molar-refractivity contribution in [2.75, 3.05) is 13.2 Å². The maximum absolute atomic E-state index is 13.6. The van der Waals surface area contributed by atoms with E-state index in [-0.39, 0.29) is 11.1 Å². The van der Waals surface area contributed by atoms with E-state index in [1.165, 1.54) is 6.07 Å². The molecular formula is C27H30O17. The highest BCUT2D eigenvalue weighted by Crippen LogP contribution is 2.39. The van der Waals surface area contributed by atoms with Gasteiger partial charge >= 0.3 is 0 Å². The average Bonchev–Trinajstić information content (AvgIpc) is 2.98. The van der Waals surface area contributed by atoms with Crippen LogP contribution in [0.3, 0.4) is 0 Å². The SMILES string of the molecule is O=c1c(O[C@@H]2O[C@H](CO[C@@H]3O[C@H](CO)[C@@H](O)[C@H](O)[C@H]3O)[C@H](O)[C@H](O)[C@H]2O)c(-c2ccc(O)c(O)c2)oc2cc(O)cc(O)c12. The number of aliphatic hydroxyl groups is 7. The molecule has 3 aromatic rings. The van der Waals surface area contributed by atoms with E-state index in [2.05, 4.69) is 0 Å². The average molecular weight is 627 g/mol. The van der Waals surface area contributed by atoms with E-state index in [1.54, 1.807) is 0 Å². The Labute approximate surface area is 246 Å². The van der Waals surface area contributed by atoms with Crippen molar-refractivity contribution in [1.82, 2.24) is 0 Å². The Morgan fingerprint density at radius 2 is 1.34 bits per heavy atom. The zero-order valence-electron chi connectivity index (χ0n) is 22.4. The lowest BCUT2D eigenvalue weighted by Crippen LogP contribution is -2.62. The molecule has 1 aromatic heterocycles. The summed E-state index contributed by atoms with van der Waals surface area (Å²) in [5.74, 6) is -3.44. The molecule has 2 saturated heterocycles. The third kappa shape index (κ3) is 5.73. The lowest BCUT2D eigenvalue weighted by Gasteiger charge is -2.42. The second-order valence-corrected chi connectivity index (χ2v) is 10.3. The van der Waals surface area contributed by atoms with Gasteiger partial charge in [0.25, 0.3) is 0 Å². The van der Waals surface area contributed by atoms with Gasteiger partial charge < -0.3 is 79.5 Å². The van der Waals surface area contributed by atoms with Gasteiger partial charge in [-0.05, 0) is 18.2 Å². The van der Waals surface area contributed by atoms with Gasteiger partial charge in [-0.2, -0.15) is 0 Å². The quantitative estimate of drug-likeness (QED) is 0.119. The summed E-state index contributed by atoms with van der Waals surface area (Å²) in [7, 11) is 0. The number of hydrogen-bond acceptors (Lipinski definition) is 17. The Morgan fingerprint density at radius 1 is 0.705 bits per heavy atom. The number of aliphatic hydroxyl groups excluding tert-OH is 7. The third-order valence-corrected chi connectivity index (χ3v) is 7.33. The van der Waals surface area contributed by atoms with E-state index >= 15 is 0 Å². The fourth-order valence-electron chi connectivity index (χ4n) is 4.89. The number of benzene rings is 2. The maximum Gasteiger partial charge on any atom is 0.239 e. The van der Waals surface area contributed by atoms with Crippen LogP contribution in [-0.2, 0) is 14.2 Å².